The highest BCUT2D eigenvalue weighted by Gasteiger charge is 2.13. The Morgan fingerprint density at radius 2 is 2.05 bits per heavy atom. The molecular formula is C15H22ClN3OS. The summed E-state index contributed by atoms with van der Waals surface area (Å²) in [7, 11) is 1.85. The summed E-state index contributed by atoms with van der Waals surface area (Å²) in [5, 5.41) is 7.10. The molecule has 2 rings (SSSR count). The van der Waals surface area contributed by atoms with Crippen molar-refractivity contribution in [3.05, 3.63) is 23.2 Å². The van der Waals surface area contributed by atoms with Gasteiger partial charge in [-0.3, -0.25) is 4.79 Å². The molecule has 0 fully saturated rings. The van der Waals surface area contributed by atoms with Gasteiger partial charge < -0.3 is 10.6 Å². The number of benzene rings is 1. The molecule has 0 aliphatic rings. The van der Waals surface area contributed by atoms with Crippen LogP contribution in [0.3, 0.4) is 0 Å². The molecule has 1 unspecified atom stereocenters. The molecule has 1 atom stereocenters. The standard InChI is InChI=1S/C15H21N3OS.ClH/c1-9(2)15-18-12-6-5-11(7-13(12)20-15)17-14(19)10(3)8-16-4;/h5-7,9-10,16H,8H2,1-4H3,(H,17,19);1H. The number of carbonyl (C=O) groups excluding carboxylic acids is 1. The number of thiazole rings is 1. The van der Waals surface area contributed by atoms with Crippen LogP contribution in [0.4, 0.5) is 5.69 Å². The van der Waals surface area contributed by atoms with Crippen molar-refractivity contribution in [2.45, 2.75) is 26.7 Å². The number of hydrogen-bond donors (Lipinski definition) is 2. The van der Waals surface area contributed by atoms with E-state index in [0.717, 1.165) is 20.9 Å². The second kappa shape index (κ2) is 7.73. The normalized spacial score (nSPS) is 12.2. The Morgan fingerprint density at radius 3 is 2.67 bits per heavy atom. The number of halogens is 1. The Balaban J connectivity index is 0.00000220. The van der Waals surface area contributed by atoms with Crippen LogP contribution < -0.4 is 10.6 Å². The number of fused-ring (bicyclic) bond motifs is 1. The molecule has 6 heteroatoms. The lowest BCUT2D eigenvalue weighted by Gasteiger charge is -2.11. The van der Waals surface area contributed by atoms with Gasteiger partial charge in [-0.15, -0.1) is 23.7 Å². The minimum absolute atomic E-state index is 0. The number of carbonyl (C=O) groups is 1. The van der Waals surface area contributed by atoms with E-state index in [1.807, 2.05) is 32.2 Å². The summed E-state index contributed by atoms with van der Waals surface area (Å²) < 4.78 is 1.12. The van der Waals surface area contributed by atoms with Crippen LogP contribution in [-0.2, 0) is 4.79 Å². The van der Waals surface area contributed by atoms with Gasteiger partial charge >= 0.3 is 0 Å². The van der Waals surface area contributed by atoms with Crippen LogP contribution in [-0.4, -0.2) is 24.5 Å². The topological polar surface area (TPSA) is 54.0 Å². The summed E-state index contributed by atoms with van der Waals surface area (Å²) in [5.74, 6) is 0.414. The molecule has 0 aliphatic carbocycles. The number of nitrogens with zero attached hydrogens (tertiary/aromatic N) is 1. The molecule has 0 saturated heterocycles. The summed E-state index contributed by atoms with van der Waals surface area (Å²) in [4.78, 5) is 16.6. The van der Waals surface area contributed by atoms with Crippen LogP contribution in [0.1, 0.15) is 31.7 Å². The van der Waals surface area contributed by atoms with Crippen LogP contribution in [0.2, 0.25) is 0 Å². The summed E-state index contributed by atoms with van der Waals surface area (Å²) in [6.07, 6.45) is 0. The average molecular weight is 328 g/mol. The van der Waals surface area contributed by atoms with E-state index in [4.69, 9.17) is 0 Å². The average Bonchev–Trinajstić information content (AvgIpc) is 2.82. The molecule has 2 aromatic rings. The summed E-state index contributed by atoms with van der Waals surface area (Å²) in [6, 6.07) is 5.88. The molecule has 1 aromatic heterocycles. The lowest BCUT2D eigenvalue weighted by molar-refractivity contribution is -0.119. The Kier molecular flexibility index (Phi) is 6.58. The molecule has 0 aliphatic heterocycles. The molecular weight excluding hydrogens is 306 g/mol. The Hall–Kier alpha value is -1.17. The SMILES string of the molecule is CNCC(C)C(=O)Nc1ccc2nc(C(C)C)sc2c1.Cl. The van der Waals surface area contributed by atoms with E-state index < -0.39 is 0 Å². The molecule has 0 radical (unpaired) electrons. The maximum absolute atomic E-state index is 12.0. The molecule has 0 saturated carbocycles. The highest BCUT2D eigenvalue weighted by Crippen LogP contribution is 2.29. The third kappa shape index (κ3) is 4.40. The number of nitrogens with one attached hydrogen (secondary N) is 2. The first-order valence-corrected chi connectivity index (χ1v) is 7.69. The third-order valence-electron chi connectivity index (χ3n) is 3.12. The number of aromatic nitrogens is 1. The minimum Gasteiger partial charge on any atom is -0.326 e. The van der Waals surface area contributed by atoms with Crippen LogP contribution in [0.15, 0.2) is 18.2 Å². The second-order valence-corrected chi connectivity index (χ2v) is 6.40. The molecule has 1 heterocycles. The molecule has 1 amide bonds. The van der Waals surface area contributed by atoms with E-state index in [-0.39, 0.29) is 24.2 Å². The first kappa shape index (κ1) is 17.9. The molecule has 116 valence electrons. The largest absolute Gasteiger partial charge is 0.326 e. The summed E-state index contributed by atoms with van der Waals surface area (Å²) in [5.41, 5.74) is 1.84. The van der Waals surface area contributed by atoms with Crippen molar-refractivity contribution in [1.29, 1.82) is 0 Å². The van der Waals surface area contributed by atoms with E-state index in [2.05, 4.69) is 29.5 Å². The van der Waals surface area contributed by atoms with Gasteiger partial charge in [0.05, 0.1) is 15.2 Å². The fourth-order valence-electron chi connectivity index (χ4n) is 1.93. The van der Waals surface area contributed by atoms with Gasteiger partial charge in [-0.1, -0.05) is 20.8 Å². The van der Waals surface area contributed by atoms with E-state index in [1.54, 1.807) is 11.3 Å². The monoisotopic (exact) mass is 327 g/mol. The zero-order chi connectivity index (χ0) is 14.7. The maximum Gasteiger partial charge on any atom is 0.228 e. The smallest absolute Gasteiger partial charge is 0.228 e. The van der Waals surface area contributed by atoms with Crippen LogP contribution in [0.5, 0.6) is 0 Å². The van der Waals surface area contributed by atoms with Crippen molar-refractivity contribution >= 4 is 45.6 Å². The third-order valence-corrected chi connectivity index (χ3v) is 4.44. The molecule has 21 heavy (non-hydrogen) atoms. The van der Waals surface area contributed by atoms with Gasteiger partial charge in [0.15, 0.2) is 0 Å². The predicted molar refractivity (Wildman–Crippen MR) is 92.7 cm³/mol. The maximum atomic E-state index is 12.0. The van der Waals surface area contributed by atoms with Crippen molar-refractivity contribution in [3.63, 3.8) is 0 Å². The fourth-order valence-corrected chi connectivity index (χ4v) is 2.94. The van der Waals surface area contributed by atoms with E-state index in [1.165, 1.54) is 0 Å². The Labute approximate surface area is 135 Å². The van der Waals surface area contributed by atoms with Crippen LogP contribution in [0, 0.1) is 5.92 Å². The molecule has 4 nitrogen and oxygen atoms in total. The van der Waals surface area contributed by atoms with Crippen molar-refractivity contribution in [3.8, 4) is 0 Å². The fraction of sp³-hybridized carbons (Fsp3) is 0.467. The zero-order valence-electron chi connectivity index (χ0n) is 12.8. The zero-order valence-corrected chi connectivity index (χ0v) is 14.4. The molecule has 0 bridgehead atoms. The Morgan fingerprint density at radius 1 is 1.33 bits per heavy atom. The van der Waals surface area contributed by atoms with Gasteiger partial charge in [0, 0.05) is 24.1 Å². The van der Waals surface area contributed by atoms with Crippen molar-refractivity contribution in [1.82, 2.24) is 10.3 Å². The first-order valence-electron chi connectivity index (χ1n) is 6.87. The van der Waals surface area contributed by atoms with Crippen molar-refractivity contribution in [2.75, 3.05) is 18.9 Å². The highest BCUT2D eigenvalue weighted by molar-refractivity contribution is 7.18. The Bertz CT molecular complexity index is 612. The lowest BCUT2D eigenvalue weighted by atomic mass is 10.1. The van der Waals surface area contributed by atoms with E-state index >= 15 is 0 Å². The van der Waals surface area contributed by atoms with E-state index in [0.29, 0.717) is 12.5 Å². The van der Waals surface area contributed by atoms with Crippen LogP contribution in [0.25, 0.3) is 10.2 Å². The van der Waals surface area contributed by atoms with Gasteiger partial charge in [0.1, 0.15) is 0 Å². The lowest BCUT2D eigenvalue weighted by Crippen LogP contribution is -2.28. The number of rotatable bonds is 5. The second-order valence-electron chi connectivity index (χ2n) is 5.34. The van der Waals surface area contributed by atoms with Crippen molar-refractivity contribution < 1.29 is 4.79 Å². The summed E-state index contributed by atoms with van der Waals surface area (Å²) in [6.45, 7) is 6.86. The number of hydrogen-bond acceptors (Lipinski definition) is 4. The molecule has 1 aromatic carbocycles. The number of amides is 1. The highest BCUT2D eigenvalue weighted by atomic mass is 35.5. The predicted octanol–water partition coefficient (Wildman–Crippen LogP) is 3.64. The first-order chi connectivity index (χ1) is 9.51. The van der Waals surface area contributed by atoms with Gasteiger partial charge in [-0.05, 0) is 25.2 Å². The van der Waals surface area contributed by atoms with Gasteiger partial charge in [0.2, 0.25) is 5.91 Å². The van der Waals surface area contributed by atoms with Gasteiger partial charge in [-0.2, -0.15) is 0 Å². The van der Waals surface area contributed by atoms with Crippen molar-refractivity contribution in [2.24, 2.45) is 5.92 Å². The van der Waals surface area contributed by atoms with Crippen LogP contribution >= 0.6 is 23.7 Å². The quantitative estimate of drug-likeness (QED) is 0.881. The molecule has 2 N–H and O–H groups in total. The number of anilines is 1. The summed E-state index contributed by atoms with van der Waals surface area (Å²) >= 11 is 1.69. The molecule has 0 spiro atoms. The minimum atomic E-state index is -0.0524. The van der Waals surface area contributed by atoms with Gasteiger partial charge in [-0.25, -0.2) is 4.98 Å². The van der Waals surface area contributed by atoms with E-state index in [9.17, 15) is 4.79 Å². The van der Waals surface area contributed by atoms with Gasteiger partial charge in [0.25, 0.3) is 0 Å².